The summed E-state index contributed by atoms with van der Waals surface area (Å²) in [5.41, 5.74) is 0.434. The molecule has 3 N–H and O–H groups in total. The predicted molar refractivity (Wildman–Crippen MR) is 181 cm³/mol. The Hall–Kier alpha value is -4.96. The van der Waals surface area contributed by atoms with Crippen LogP contribution in [0.4, 0.5) is 18.4 Å². The zero-order valence-electron chi connectivity index (χ0n) is 27.1. The summed E-state index contributed by atoms with van der Waals surface area (Å²) < 4.78 is 36.6. The Bertz CT molecular complexity index is 1930. The lowest BCUT2D eigenvalue weighted by molar-refractivity contribution is -0.134. The second kappa shape index (κ2) is 13.7. The number of aliphatic imine (C=N–C) groups is 1. The third kappa shape index (κ3) is 7.45. The van der Waals surface area contributed by atoms with E-state index in [0.29, 0.717) is 42.5 Å². The molecule has 1 aliphatic carbocycles. The molecule has 50 heavy (non-hydrogen) atoms. The highest BCUT2D eigenvalue weighted by Crippen LogP contribution is 2.43. The lowest BCUT2D eigenvalue weighted by atomic mass is 9.75. The van der Waals surface area contributed by atoms with E-state index in [9.17, 15) is 23.5 Å². The number of carbonyl (C=O) groups excluding carboxylic acids is 2. The average Bonchev–Trinajstić information content (AvgIpc) is 3.40. The van der Waals surface area contributed by atoms with E-state index in [4.69, 9.17) is 16.3 Å². The summed E-state index contributed by atoms with van der Waals surface area (Å²) in [7, 11) is 0. The minimum absolute atomic E-state index is 0.00632. The molecule has 2 aromatic carbocycles. The highest BCUT2D eigenvalue weighted by atomic mass is 35.5. The number of carbonyl (C=O) groups is 3. The number of hydrogen-bond acceptors (Lipinski definition) is 8. The highest BCUT2D eigenvalue weighted by molar-refractivity contribution is 7.09. The van der Waals surface area contributed by atoms with Crippen LogP contribution in [-0.2, 0) is 15.1 Å². The molecule has 13 nitrogen and oxygen atoms in total. The van der Waals surface area contributed by atoms with Crippen LogP contribution in [0.5, 0.6) is 0 Å². The zero-order chi connectivity index (χ0) is 35.8. The third-order valence-electron chi connectivity index (χ3n) is 8.20. The average molecular weight is 727 g/mol. The number of alkyl carbamates (subject to hydrolysis) is 1. The number of halogens is 3. The first kappa shape index (κ1) is 34.9. The molecule has 1 saturated carbocycles. The second-order valence-corrected chi connectivity index (χ2v) is 14.4. The highest BCUT2D eigenvalue weighted by Gasteiger charge is 2.55. The molecule has 1 saturated heterocycles. The molecule has 17 heteroatoms. The van der Waals surface area contributed by atoms with Gasteiger partial charge in [0.2, 0.25) is 5.96 Å². The van der Waals surface area contributed by atoms with Gasteiger partial charge >= 0.3 is 18.7 Å². The largest absolute Gasteiger partial charge is 0.463 e. The maximum atomic E-state index is 15.0. The molecule has 0 spiro atoms. The number of nitrogens with zero attached hydrogens (tertiary/aromatic N) is 6. The maximum absolute atomic E-state index is 15.0. The van der Waals surface area contributed by atoms with Gasteiger partial charge in [-0.1, -0.05) is 62.7 Å². The van der Waals surface area contributed by atoms with Crippen molar-refractivity contribution in [2.75, 3.05) is 6.61 Å². The number of amides is 3. The quantitative estimate of drug-likeness (QED) is 0.159. The number of carboxylic acid groups (broad SMARTS) is 1. The molecule has 4 aromatic rings. The van der Waals surface area contributed by atoms with Crippen LogP contribution in [0, 0.1) is 5.41 Å². The second-order valence-electron chi connectivity index (χ2n) is 13.2. The molecule has 2 fully saturated rings. The fourth-order valence-electron chi connectivity index (χ4n) is 5.94. The zero-order valence-corrected chi connectivity index (χ0v) is 28.7. The van der Waals surface area contributed by atoms with E-state index in [-0.39, 0.29) is 25.0 Å². The van der Waals surface area contributed by atoms with Gasteiger partial charge in [-0.25, -0.2) is 19.3 Å². The van der Waals surface area contributed by atoms with Crippen LogP contribution in [0.3, 0.4) is 0 Å². The van der Waals surface area contributed by atoms with Gasteiger partial charge in [-0.2, -0.15) is 18.3 Å². The molecule has 0 bridgehead atoms. The molecule has 2 atom stereocenters. The molecule has 0 unspecified atom stereocenters. The van der Waals surface area contributed by atoms with Crippen LogP contribution in [0.25, 0.3) is 21.7 Å². The van der Waals surface area contributed by atoms with Gasteiger partial charge in [0.25, 0.3) is 5.91 Å². The van der Waals surface area contributed by atoms with Gasteiger partial charge < -0.3 is 20.5 Å². The predicted octanol–water partition coefficient (Wildman–Crippen LogP) is 6.84. The normalized spacial score (nSPS) is 19.1. The maximum Gasteiger partial charge on any atom is 0.434 e. The van der Waals surface area contributed by atoms with Crippen molar-refractivity contribution in [1.82, 2.24) is 34.7 Å². The molecule has 2 aromatic heterocycles. The number of guanidine groups is 1. The number of aromatic nitrogens is 4. The van der Waals surface area contributed by atoms with E-state index < -0.39 is 41.6 Å². The Labute approximate surface area is 294 Å². The lowest BCUT2D eigenvalue weighted by Crippen LogP contribution is -2.47. The Kier molecular flexibility index (Phi) is 9.59. The number of hydrogen-bond donors (Lipinski definition) is 3. The standard InChI is InChI=1S/C33H33ClF2N8O5S/c1-32(2,3)16-33(21-7-4-18(5-8-21)20-13-38-43(14-20)28(35)36)27(45)44(29(42-33)41-30(46)47)25(15-49-31(48)40-22-9-10-22)19-6-11-24(34)23(12-19)26-37-17-39-50-26/h4-8,11-14,17,22,25,28H,9-10,15-16H2,1-3H3,(H,40,48)(H,41,42)(H,46,47)/t25-,33-/m1/s1. The van der Waals surface area contributed by atoms with Crippen molar-refractivity contribution >= 4 is 47.2 Å². The van der Waals surface area contributed by atoms with Crippen LogP contribution >= 0.6 is 23.1 Å². The Morgan fingerprint density at radius 2 is 1.94 bits per heavy atom. The van der Waals surface area contributed by atoms with Crippen LogP contribution in [0.15, 0.2) is 66.2 Å². The molecule has 262 valence electrons. The molecule has 0 radical (unpaired) electrons. The molecule has 2 aliphatic rings. The molecular weight excluding hydrogens is 694 g/mol. The van der Waals surface area contributed by atoms with E-state index >= 15 is 4.79 Å². The van der Waals surface area contributed by atoms with Crippen molar-refractivity contribution in [2.45, 2.75) is 64.2 Å². The van der Waals surface area contributed by atoms with Crippen molar-refractivity contribution < 1.29 is 33.0 Å². The number of nitrogens with one attached hydrogen (secondary N) is 2. The first-order valence-electron chi connectivity index (χ1n) is 15.6. The van der Waals surface area contributed by atoms with Crippen molar-refractivity contribution in [3.8, 4) is 21.7 Å². The first-order valence-corrected chi connectivity index (χ1v) is 16.8. The first-order chi connectivity index (χ1) is 23.7. The summed E-state index contributed by atoms with van der Waals surface area (Å²) in [6.07, 6.45) is 3.52. The summed E-state index contributed by atoms with van der Waals surface area (Å²) >= 11 is 7.66. The molecule has 3 amide bonds. The fraction of sp³-hybridized carbons (Fsp3) is 0.364. The monoisotopic (exact) mass is 726 g/mol. The van der Waals surface area contributed by atoms with Gasteiger partial charge in [-0.05, 0) is 65.0 Å². The lowest BCUT2D eigenvalue weighted by Gasteiger charge is -2.35. The summed E-state index contributed by atoms with van der Waals surface area (Å²) in [4.78, 5) is 49.2. The minimum Gasteiger partial charge on any atom is -0.463 e. The molecular formula is C33H33ClF2N8O5S. The smallest absolute Gasteiger partial charge is 0.434 e. The van der Waals surface area contributed by atoms with Gasteiger partial charge in [-0.3, -0.25) is 9.69 Å². The Morgan fingerprint density at radius 1 is 1.20 bits per heavy atom. The van der Waals surface area contributed by atoms with Crippen LogP contribution in [-0.4, -0.2) is 65.8 Å². The topological polar surface area (TPSA) is 164 Å². The van der Waals surface area contributed by atoms with Gasteiger partial charge in [0.15, 0.2) is 0 Å². The Balaban J connectivity index is 1.45. The summed E-state index contributed by atoms with van der Waals surface area (Å²) in [5, 5.41) is 20.4. The van der Waals surface area contributed by atoms with E-state index in [2.05, 4.69) is 30.1 Å². The van der Waals surface area contributed by atoms with Crippen LogP contribution in [0.1, 0.15) is 63.8 Å². The van der Waals surface area contributed by atoms with Crippen molar-refractivity contribution in [3.05, 3.63) is 77.3 Å². The van der Waals surface area contributed by atoms with E-state index in [1.165, 1.54) is 23.6 Å². The third-order valence-corrected chi connectivity index (χ3v) is 9.22. The van der Waals surface area contributed by atoms with E-state index in [0.717, 1.165) is 24.4 Å². The SMILES string of the molecule is CC(C)(C)C[C@]1(c2ccc(-c3cnn(C(F)F)c3)cc2)N/C(=N\C(=O)O)N([C@H](COC(=O)NC2CC2)c2ccc(Cl)c(-c3ncns3)c2)C1=O. The van der Waals surface area contributed by atoms with Gasteiger partial charge in [0, 0.05) is 23.4 Å². The Morgan fingerprint density at radius 3 is 2.54 bits per heavy atom. The van der Waals surface area contributed by atoms with Crippen molar-refractivity contribution in [1.29, 1.82) is 0 Å². The van der Waals surface area contributed by atoms with Crippen LogP contribution < -0.4 is 10.6 Å². The van der Waals surface area contributed by atoms with Crippen molar-refractivity contribution in [3.63, 3.8) is 0 Å². The molecule has 3 heterocycles. The summed E-state index contributed by atoms with van der Waals surface area (Å²) in [6, 6.07) is 10.6. The minimum atomic E-state index is -2.80. The number of rotatable bonds is 10. The van der Waals surface area contributed by atoms with Gasteiger partial charge in [0.1, 0.15) is 23.5 Å². The van der Waals surface area contributed by atoms with E-state index in [1.807, 2.05) is 20.8 Å². The van der Waals surface area contributed by atoms with Crippen LogP contribution in [0.2, 0.25) is 5.02 Å². The molecule has 1 aliphatic heterocycles. The number of alkyl halides is 2. The number of benzene rings is 2. The van der Waals surface area contributed by atoms with Crippen molar-refractivity contribution in [2.24, 2.45) is 10.4 Å². The number of ether oxygens (including phenoxy) is 1. The van der Waals surface area contributed by atoms with Gasteiger partial charge in [-0.15, -0.1) is 4.99 Å². The fourth-order valence-corrected chi connectivity index (χ4v) is 6.76. The molecule has 6 rings (SSSR count). The summed E-state index contributed by atoms with van der Waals surface area (Å²) in [6.45, 7) is 2.64. The van der Waals surface area contributed by atoms with E-state index in [1.54, 1.807) is 42.5 Å². The van der Waals surface area contributed by atoms with Gasteiger partial charge in [0.05, 0.1) is 17.3 Å². The summed E-state index contributed by atoms with van der Waals surface area (Å²) in [5.74, 6) is -0.813.